The highest BCUT2D eigenvalue weighted by molar-refractivity contribution is 6.76. The van der Waals surface area contributed by atoms with Crippen molar-refractivity contribution in [3.63, 3.8) is 0 Å². The summed E-state index contributed by atoms with van der Waals surface area (Å²) in [5.41, 5.74) is 6.64. The van der Waals surface area contributed by atoms with Crippen molar-refractivity contribution >= 4 is 8.07 Å². The maximum Gasteiger partial charge on any atom is 0.123 e. The minimum atomic E-state index is -0.978. The number of hydrogen-bond acceptors (Lipinski definition) is 3. The summed E-state index contributed by atoms with van der Waals surface area (Å²) in [5.74, 6) is 0. The molecule has 0 fully saturated rings. The Bertz CT molecular complexity index is 317. The molecule has 1 heterocycles. The summed E-state index contributed by atoms with van der Waals surface area (Å²) in [6.45, 7) is 10.4. The molecule has 0 aliphatic carbocycles. The van der Waals surface area contributed by atoms with Crippen molar-refractivity contribution in [2.45, 2.75) is 45.4 Å². The molecule has 1 aromatic rings. The standard InChI is InChI=1S/C11H23N3OSi/c1-10(12)11-7-14(8-13-11)9-15-5-6-16(2,3)4/h7-8,10H,5-6,9,12H2,1-4H3. The van der Waals surface area contributed by atoms with Crippen molar-refractivity contribution in [2.24, 2.45) is 5.73 Å². The molecule has 4 nitrogen and oxygen atoms in total. The first-order chi connectivity index (χ1) is 7.38. The molecule has 1 aromatic heterocycles. The summed E-state index contributed by atoms with van der Waals surface area (Å²) in [7, 11) is -0.978. The fourth-order valence-electron chi connectivity index (χ4n) is 1.23. The molecule has 16 heavy (non-hydrogen) atoms. The highest BCUT2D eigenvalue weighted by Gasteiger charge is 2.12. The van der Waals surface area contributed by atoms with Crippen LogP contribution in [0.3, 0.4) is 0 Å². The van der Waals surface area contributed by atoms with E-state index in [1.54, 1.807) is 6.33 Å². The highest BCUT2D eigenvalue weighted by atomic mass is 28.3. The Hall–Kier alpha value is -0.653. The van der Waals surface area contributed by atoms with Crippen LogP contribution in [0, 0.1) is 0 Å². The van der Waals surface area contributed by atoms with Gasteiger partial charge in [0.25, 0.3) is 0 Å². The average Bonchev–Trinajstić information content (AvgIpc) is 2.59. The Kier molecular flexibility index (Phi) is 4.70. The van der Waals surface area contributed by atoms with E-state index in [-0.39, 0.29) is 6.04 Å². The molecule has 1 atom stereocenters. The zero-order valence-corrected chi connectivity index (χ0v) is 11.7. The van der Waals surface area contributed by atoms with Crippen molar-refractivity contribution in [1.82, 2.24) is 9.55 Å². The lowest BCUT2D eigenvalue weighted by molar-refractivity contribution is 0.0871. The van der Waals surface area contributed by atoms with Crippen molar-refractivity contribution in [1.29, 1.82) is 0 Å². The lowest BCUT2D eigenvalue weighted by Crippen LogP contribution is -2.21. The van der Waals surface area contributed by atoms with E-state index in [0.717, 1.165) is 12.3 Å². The Morgan fingerprint density at radius 3 is 2.69 bits per heavy atom. The van der Waals surface area contributed by atoms with Gasteiger partial charge in [-0.3, -0.25) is 0 Å². The number of hydrogen-bond donors (Lipinski definition) is 1. The third-order valence-electron chi connectivity index (χ3n) is 2.36. The van der Waals surface area contributed by atoms with Gasteiger partial charge in [-0.2, -0.15) is 0 Å². The van der Waals surface area contributed by atoms with Crippen LogP contribution >= 0.6 is 0 Å². The average molecular weight is 241 g/mol. The number of ether oxygens (including phenoxy) is 1. The second-order valence-electron chi connectivity index (χ2n) is 5.45. The zero-order valence-electron chi connectivity index (χ0n) is 10.7. The summed E-state index contributed by atoms with van der Waals surface area (Å²) in [4.78, 5) is 4.21. The SMILES string of the molecule is CC(N)c1cn(COCC[Si](C)(C)C)cn1. The lowest BCUT2D eigenvalue weighted by atomic mass is 10.3. The van der Waals surface area contributed by atoms with Gasteiger partial charge in [-0.25, -0.2) is 4.98 Å². The van der Waals surface area contributed by atoms with Crippen LogP contribution in [0.4, 0.5) is 0 Å². The van der Waals surface area contributed by atoms with Gasteiger partial charge >= 0.3 is 0 Å². The molecule has 5 heteroatoms. The van der Waals surface area contributed by atoms with Crippen LogP contribution in [0.5, 0.6) is 0 Å². The third kappa shape index (κ3) is 4.91. The van der Waals surface area contributed by atoms with E-state index in [4.69, 9.17) is 10.5 Å². The first-order valence-corrected chi connectivity index (χ1v) is 9.44. The Labute approximate surface area is 98.8 Å². The largest absolute Gasteiger partial charge is 0.361 e. The van der Waals surface area contributed by atoms with E-state index in [1.165, 1.54) is 6.04 Å². The molecule has 0 aliphatic heterocycles. The topological polar surface area (TPSA) is 53.1 Å². The van der Waals surface area contributed by atoms with Crippen LogP contribution in [0.1, 0.15) is 18.7 Å². The van der Waals surface area contributed by atoms with Crippen LogP contribution < -0.4 is 5.73 Å². The number of aromatic nitrogens is 2. The van der Waals surface area contributed by atoms with Gasteiger partial charge in [0.2, 0.25) is 0 Å². The van der Waals surface area contributed by atoms with E-state index in [9.17, 15) is 0 Å². The normalized spacial score (nSPS) is 14.1. The molecule has 1 rings (SSSR count). The van der Waals surface area contributed by atoms with Crippen LogP contribution in [-0.4, -0.2) is 24.2 Å². The van der Waals surface area contributed by atoms with Gasteiger partial charge in [-0.1, -0.05) is 19.6 Å². The van der Waals surface area contributed by atoms with Crippen molar-refractivity contribution in [3.8, 4) is 0 Å². The van der Waals surface area contributed by atoms with Gasteiger partial charge in [0, 0.05) is 26.9 Å². The molecule has 1 unspecified atom stereocenters. The van der Waals surface area contributed by atoms with Crippen LogP contribution in [0.25, 0.3) is 0 Å². The molecule has 0 aromatic carbocycles. The smallest absolute Gasteiger partial charge is 0.123 e. The fourth-order valence-corrected chi connectivity index (χ4v) is 1.99. The molecule has 92 valence electrons. The minimum Gasteiger partial charge on any atom is -0.361 e. The number of nitrogens with zero attached hydrogens (tertiary/aromatic N) is 2. The van der Waals surface area contributed by atoms with E-state index < -0.39 is 8.07 Å². The molecule has 0 spiro atoms. The van der Waals surface area contributed by atoms with Crippen molar-refractivity contribution < 1.29 is 4.74 Å². The summed E-state index contributed by atoms with van der Waals surface area (Å²) < 4.78 is 7.54. The first-order valence-electron chi connectivity index (χ1n) is 5.73. The Morgan fingerprint density at radius 2 is 2.19 bits per heavy atom. The summed E-state index contributed by atoms with van der Waals surface area (Å²) in [6.07, 6.45) is 3.71. The number of rotatable bonds is 6. The Morgan fingerprint density at radius 1 is 1.50 bits per heavy atom. The molecule has 0 saturated heterocycles. The molecule has 0 bridgehead atoms. The monoisotopic (exact) mass is 241 g/mol. The van der Waals surface area contributed by atoms with Gasteiger partial charge in [-0.05, 0) is 13.0 Å². The Balaban J connectivity index is 2.27. The van der Waals surface area contributed by atoms with Crippen LogP contribution in [0.15, 0.2) is 12.5 Å². The molecular weight excluding hydrogens is 218 g/mol. The van der Waals surface area contributed by atoms with E-state index in [0.29, 0.717) is 6.73 Å². The van der Waals surface area contributed by atoms with E-state index in [2.05, 4.69) is 24.6 Å². The second kappa shape index (κ2) is 5.61. The summed E-state index contributed by atoms with van der Waals surface area (Å²) in [6, 6.07) is 1.19. The van der Waals surface area contributed by atoms with Crippen LogP contribution in [-0.2, 0) is 11.5 Å². The molecule has 0 saturated carbocycles. The molecule has 2 N–H and O–H groups in total. The first kappa shape index (κ1) is 13.4. The van der Waals surface area contributed by atoms with Gasteiger partial charge in [0.1, 0.15) is 6.73 Å². The van der Waals surface area contributed by atoms with E-state index in [1.807, 2.05) is 17.7 Å². The van der Waals surface area contributed by atoms with Crippen molar-refractivity contribution in [2.75, 3.05) is 6.61 Å². The summed E-state index contributed by atoms with van der Waals surface area (Å²) >= 11 is 0. The van der Waals surface area contributed by atoms with Gasteiger partial charge in [-0.15, -0.1) is 0 Å². The molecular formula is C11H23N3OSi. The van der Waals surface area contributed by atoms with Gasteiger partial charge < -0.3 is 15.0 Å². The fraction of sp³-hybridized carbons (Fsp3) is 0.727. The number of nitrogens with two attached hydrogens (primary N) is 1. The quantitative estimate of drug-likeness (QED) is 0.614. The zero-order chi connectivity index (χ0) is 12.2. The van der Waals surface area contributed by atoms with Gasteiger partial charge in [0.15, 0.2) is 0 Å². The van der Waals surface area contributed by atoms with Gasteiger partial charge in [0.05, 0.1) is 12.0 Å². The maximum absolute atomic E-state index is 5.73. The van der Waals surface area contributed by atoms with Crippen LogP contribution in [0.2, 0.25) is 25.7 Å². The predicted molar refractivity (Wildman–Crippen MR) is 68.9 cm³/mol. The highest BCUT2D eigenvalue weighted by Crippen LogP contribution is 2.09. The molecule has 0 aliphatic rings. The maximum atomic E-state index is 5.73. The molecule has 0 radical (unpaired) electrons. The van der Waals surface area contributed by atoms with E-state index >= 15 is 0 Å². The molecule has 0 amide bonds. The summed E-state index contributed by atoms with van der Waals surface area (Å²) in [5, 5.41) is 0. The van der Waals surface area contributed by atoms with Crippen molar-refractivity contribution in [3.05, 3.63) is 18.2 Å². The number of imidazole rings is 1. The predicted octanol–water partition coefficient (Wildman–Crippen LogP) is 2.22. The lowest BCUT2D eigenvalue weighted by Gasteiger charge is -2.15. The third-order valence-corrected chi connectivity index (χ3v) is 4.06. The minimum absolute atomic E-state index is 0.0109. The second-order valence-corrected chi connectivity index (χ2v) is 11.1.